The van der Waals surface area contributed by atoms with Crippen molar-refractivity contribution in [3.05, 3.63) is 78.4 Å². The van der Waals surface area contributed by atoms with E-state index in [9.17, 15) is 40.6 Å². The Kier molecular flexibility index (Phi) is 7.27. The second-order valence-corrected chi connectivity index (χ2v) is 5.42. The average Bonchev–Trinajstić information content (AvgIpc) is 2.61. The first-order chi connectivity index (χ1) is 12.6. The van der Waals surface area contributed by atoms with Crippen molar-refractivity contribution in [2.24, 2.45) is 0 Å². The number of rotatable bonds is 5. The molecule has 4 N–H and O–H groups in total. The van der Waals surface area contributed by atoms with Crippen LogP contribution in [0, 0.1) is 30.3 Å². The van der Waals surface area contributed by atoms with Crippen molar-refractivity contribution in [3.8, 4) is 5.75 Å². The largest absolute Gasteiger partial charge is 0.863 e. The van der Waals surface area contributed by atoms with Gasteiger partial charge >= 0.3 is 0 Å². The molecule has 0 aliphatic carbocycles. The molecular weight excluding hydrogens is 364 g/mol. The molecule has 27 heavy (non-hydrogen) atoms. The maximum absolute atomic E-state index is 11.1. The molecule has 0 heterocycles. The summed E-state index contributed by atoms with van der Waals surface area (Å²) in [6.45, 7) is 1.90. The van der Waals surface area contributed by atoms with E-state index in [2.05, 4.69) is 5.73 Å². The lowest BCUT2D eigenvalue weighted by Crippen LogP contribution is -2.61. The van der Waals surface area contributed by atoms with Gasteiger partial charge in [-0.05, 0) is 12.5 Å². The van der Waals surface area contributed by atoms with E-state index in [-0.39, 0.29) is 6.04 Å². The van der Waals surface area contributed by atoms with Crippen LogP contribution in [0.3, 0.4) is 0 Å². The van der Waals surface area contributed by atoms with Crippen LogP contribution in [-0.2, 0) is 0 Å². The SMILES string of the molecule is C[C@H]([NH3+])[C@H](O)c1ccccc1.O=[N+]([O-])c1cc([N+](=O)[O-])c([O-])c([N+](=O)[O-])c1. The maximum atomic E-state index is 11.1. The van der Waals surface area contributed by atoms with Crippen molar-refractivity contribution in [3.63, 3.8) is 0 Å². The first-order valence-electron chi connectivity index (χ1n) is 7.40. The summed E-state index contributed by atoms with van der Waals surface area (Å²) in [5.74, 6) is -1.46. The molecule has 0 aliphatic rings. The van der Waals surface area contributed by atoms with Crippen molar-refractivity contribution >= 4 is 17.1 Å². The predicted molar refractivity (Wildman–Crippen MR) is 89.6 cm³/mol. The lowest BCUT2D eigenvalue weighted by Gasteiger charge is -2.11. The molecule has 0 radical (unpaired) electrons. The van der Waals surface area contributed by atoms with Crippen molar-refractivity contribution in [1.29, 1.82) is 0 Å². The van der Waals surface area contributed by atoms with E-state index >= 15 is 0 Å². The fraction of sp³-hybridized carbons (Fsp3) is 0.200. The number of nitrogens with zero attached hydrogens (tertiary/aromatic N) is 3. The monoisotopic (exact) mass is 380 g/mol. The van der Waals surface area contributed by atoms with Gasteiger partial charge in [0.25, 0.3) is 17.1 Å². The summed E-state index contributed by atoms with van der Waals surface area (Å²) in [7, 11) is 0. The Hall–Kier alpha value is -3.64. The Morgan fingerprint density at radius 1 is 0.926 bits per heavy atom. The Balaban J connectivity index is 0.000000289. The second-order valence-electron chi connectivity index (χ2n) is 5.42. The van der Waals surface area contributed by atoms with Crippen LogP contribution < -0.4 is 10.8 Å². The zero-order valence-electron chi connectivity index (χ0n) is 14.0. The van der Waals surface area contributed by atoms with Gasteiger partial charge in [0, 0.05) is 0 Å². The van der Waals surface area contributed by atoms with E-state index in [1.54, 1.807) is 0 Å². The number of nitro benzene ring substituents is 3. The number of non-ortho nitro benzene ring substituents is 1. The Labute approximate surface area is 151 Å². The van der Waals surface area contributed by atoms with Crippen LogP contribution in [0.2, 0.25) is 0 Å². The van der Waals surface area contributed by atoms with Gasteiger partial charge in [-0.15, -0.1) is 0 Å². The number of aliphatic hydroxyl groups is 1. The summed E-state index contributed by atoms with van der Waals surface area (Å²) in [5.41, 5.74) is 1.44. The minimum Gasteiger partial charge on any atom is -0.863 e. The van der Waals surface area contributed by atoms with E-state index in [0.717, 1.165) is 5.56 Å². The van der Waals surface area contributed by atoms with E-state index in [4.69, 9.17) is 0 Å². The van der Waals surface area contributed by atoms with Gasteiger partial charge < -0.3 is 15.9 Å². The standard InChI is InChI=1S/C9H13NO.C6H3N3O7/c1-7(10)9(11)8-5-3-2-4-6-8;10-6-4(8(13)14)1-3(7(11)12)2-5(6)9(15)16/h2-7,9,11H,10H2,1H3;1-2,10H/t7-,9-;/m0./s1. The fourth-order valence-electron chi connectivity index (χ4n) is 1.94. The molecule has 0 aliphatic heterocycles. The van der Waals surface area contributed by atoms with Crippen LogP contribution in [0.25, 0.3) is 0 Å². The number of aliphatic hydroxyl groups excluding tert-OH is 1. The second kappa shape index (κ2) is 9.17. The smallest absolute Gasteiger partial charge is 0.283 e. The third kappa shape index (κ3) is 5.69. The topological polar surface area (TPSA) is 200 Å². The Morgan fingerprint density at radius 2 is 1.37 bits per heavy atom. The fourth-order valence-corrected chi connectivity index (χ4v) is 1.94. The molecule has 0 bridgehead atoms. The highest BCUT2D eigenvalue weighted by Gasteiger charge is 2.24. The molecule has 2 rings (SSSR count). The molecule has 12 heteroatoms. The molecule has 0 saturated heterocycles. The maximum Gasteiger partial charge on any atom is 0.283 e. The summed E-state index contributed by atoms with van der Waals surface area (Å²) in [6, 6.07) is 10.4. The number of quaternary nitrogens is 1. The highest BCUT2D eigenvalue weighted by molar-refractivity contribution is 5.63. The highest BCUT2D eigenvalue weighted by atomic mass is 16.6. The van der Waals surface area contributed by atoms with Crippen LogP contribution in [0.5, 0.6) is 5.75 Å². The van der Waals surface area contributed by atoms with Gasteiger partial charge in [-0.3, -0.25) is 30.3 Å². The number of benzene rings is 2. The normalized spacial score (nSPS) is 12.3. The number of hydrogen-bond acceptors (Lipinski definition) is 8. The van der Waals surface area contributed by atoms with Crippen LogP contribution in [0.1, 0.15) is 18.6 Å². The first-order valence-corrected chi connectivity index (χ1v) is 7.40. The van der Waals surface area contributed by atoms with Gasteiger partial charge in [0.2, 0.25) is 0 Å². The van der Waals surface area contributed by atoms with Crippen LogP contribution in [0.15, 0.2) is 42.5 Å². The number of hydrogen-bond donors (Lipinski definition) is 2. The molecule has 2 aromatic carbocycles. The molecule has 144 valence electrons. The van der Waals surface area contributed by atoms with Crippen LogP contribution >= 0.6 is 0 Å². The lowest BCUT2D eigenvalue weighted by molar-refractivity contribution is -0.433. The number of nitro groups is 3. The van der Waals surface area contributed by atoms with Crippen LogP contribution in [0.4, 0.5) is 17.1 Å². The molecule has 0 aromatic heterocycles. The molecule has 0 amide bonds. The van der Waals surface area contributed by atoms with Gasteiger partial charge in [-0.25, -0.2) is 0 Å². The lowest BCUT2D eigenvalue weighted by atomic mass is 10.0. The van der Waals surface area contributed by atoms with Gasteiger partial charge in [-0.2, -0.15) is 0 Å². The first kappa shape index (κ1) is 21.4. The highest BCUT2D eigenvalue weighted by Crippen LogP contribution is 2.36. The third-order valence-corrected chi connectivity index (χ3v) is 3.32. The third-order valence-electron chi connectivity index (χ3n) is 3.32. The van der Waals surface area contributed by atoms with Gasteiger partial charge in [-0.1, -0.05) is 30.3 Å². The van der Waals surface area contributed by atoms with Crippen molar-refractivity contribution in [2.45, 2.75) is 19.1 Å². The average molecular weight is 380 g/mol. The van der Waals surface area contributed by atoms with E-state index < -0.39 is 43.7 Å². The molecule has 12 nitrogen and oxygen atoms in total. The summed E-state index contributed by atoms with van der Waals surface area (Å²) in [4.78, 5) is 27.5. The quantitative estimate of drug-likeness (QED) is 0.560. The molecular formula is C15H16N4O8. The minimum absolute atomic E-state index is 0.0393. The predicted octanol–water partition coefficient (Wildman–Crippen LogP) is 0.835. The zero-order chi connectivity index (χ0) is 20.7. The molecule has 2 atom stereocenters. The van der Waals surface area contributed by atoms with Gasteiger partial charge in [0.1, 0.15) is 12.1 Å². The van der Waals surface area contributed by atoms with Gasteiger partial charge in [0.05, 0.1) is 32.7 Å². The molecule has 0 fully saturated rings. The van der Waals surface area contributed by atoms with Crippen molar-refractivity contribution in [2.75, 3.05) is 0 Å². The van der Waals surface area contributed by atoms with Gasteiger partial charge in [0.15, 0.2) is 0 Å². The summed E-state index contributed by atoms with van der Waals surface area (Å²) < 4.78 is 0. The molecule has 2 aromatic rings. The Bertz CT molecular complexity index is 806. The summed E-state index contributed by atoms with van der Waals surface area (Å²) >= 11 is 0. The van der Waals surface area contributed by atoms with Crippen LogP contribution in [-0.4, -0.2) is 25.9 Å². The minimum atomic E-state index is -1.46. The van der Waals surface area contributed by atoms with Crippen molar-refractivity contribution in [1.82, 2.24) is 0 Å². The molecule has 0 unspecified atom stereocenters. The zero-order valence-corrected chi connectivity index (χ0v) is 14.0. The van der Waals surface area contributed by atoms with E-state index in [0.29, 0.717) is 12.1 Å². The summed E-state index contributed by atoms with van der Waals surface area (Å²) in [6.07, 6.45) is -0.434. The molecule has 0 saturated carbocycles. The van der Waals surface area contributed by atoms with E-state index in [1.165, 1.54) is 0 Å². The molecule has 0 spiro atoms. The Morgan fingerprint density at radius 3 is 1.70 bits per heavy atom. The van der Waals surface area contributed by atoms with E-state index in [1.807, 2.05) is 37.3 Å². The van der Waals surface area contributed by atoms with Crippen molar-refractivity contribution < 1.29 is 30.7 Å². The summed E-state index contributed by atoms with van der Waals surface area (Å²) in [5, 5.41) is 51.6.